The van der Waals surface area contributed by atoms with Crippen LogP contribution in [0.4, 0.5) is 11.4 Å². The van der Waals surface area contributed by atoms with Gasteiger partial charge in [0.05, 0.1) is 29.6 Å². The number of nitro groups is 1. The molecule has 9 heteroatoms. The number of ketones is 1. The summed E-state index contributed by atoms with van der Waals surface area (Å²) < 4.78 is 4.97. The van der Waals surface area contributed by atoms with Gasteiger partial charge >= 0.3 is 5.97 Å². The number of ether oxygens (including phenoxy) is 1. The molecule has 1 heterocycles. The summed E-state index contributed by atoms with van der Waals surface area (Å²) in [5.41, 5.74) is 1.54. The minimum absolute atomic E-state index is 0.0647. The molecule has 0 bridgehead atoms. The van der Waals surface area contributed by atoms with Crippen LogP contribution in [0.3, 0.4) is 0 Å². The second-order valence-corrected chi connectivity index (χ2v) is 8.03. The molecule has 182 valence electrons. The molecule has 1 atom stereocenters. The second-order valence-electron chi connectivity index (χ2n) is 8.03. The first-order chi connectivity index (χ1) is 17.3. The number of carbonyl (C=O) groups is 3. The molecule has 0 saturated carbocycles. The topological polar surface area (TPSA) is 127 Å². The first-order valence-corrected chi connectivity index (χ1v) is 11.2. The summed E-state index contributed by atoms with van der Waals surface area (Å²) in [4.78, 5) is 49.9. The van der Waals surface area contributed by atoms with Gasteiger partial charge < -0.3 is 9.84 Å². The monoisotopic (exact) mass is 486 g/mol. The number of non-ortho nitro benzene ring substituents is 1. The first-order valence-electron chi connectivity index (χ1n) is 11.2. The van der Waals surface area contributed by atoms with Gasteiger partial charge in [-0.15, -0.1) is 0 Å². The van der Waals surface area contributed by atoms with Gasteiger partial charge in [-0.3, -0.25) is 29.4 Å². The summed E-state index contributed by atoms with van der Waals surface area (Å²) in [7, 11) is 0. The molecular weight excluding hydrogens is 464 g/mol. The molecule has 36 heavy (non-hydrogen) atoms. The van der Waals surface area contributed by atoms with Crippen molar-refractivity contribution in [2.45, 2.75) is 19.4 Å². The highest BCUT2D eigenvalue weighted by Gasteiger charge is 2.46. The van der Waals surface area contributed by atoms with Crippen LogP contribution in [0.1, 0.15) is 29.7 Å². The Morgan fingerprint density at radius 3 is 2.22 bits per heavy atom. The maximum atomic E-state index is 13.2. The predicted octanol–water partition coefficient (Wildman–Crippen LogP) is 4.33. The molecule has 1 amide bonds. The average molecular weight is 486 g/mol. The van der Waals surface area contributed by atoms with Gasteiger partial charge in [-0.2, -0.15) is 0 Å². The molecule has 3 aromatic carbocycles. The third kappa shape index (κ3) is 4.72. The number of benzene rings is 3. The van der Waals surface area contributed by atoms with E-state index >= 15 is 0 Å². The summed E-state index contributed by atoms with van der Waals surface area (Å²) in [5.74, 6) is -2.52. The lowest BCUT2D eigenvalue weighted by atomic mass is 9.95. The molecule has 1 aliphatic rings. The van der Waals surface area contributed by atoms with E-state index in [0.29, 0.717) is 16.8 Å². The second kappa shape index (κ2) is 10.2. The number of aliphatic hydroxyl groups excluding tert-OH is 1. The SMILES string of the molecule is CCOC(=O)Cc1ccc(N2C(=O)C(=O)/C(=C(\O)c3ccc([N+](=O)[O-])cc3)C2c2ccccc2)cc1. The van der Waals surface area contributed by atoms with Crippen LogP contribution in [-0.2, 0) is 25.5 Å². The van der Waals surface area contributed by atoms with Crippen LogP contribution < -0.4 is 4.90 Å². The van der Waals surface area contributed by atoms with Gasteiger partial charge in [-0.1, -0.05) is 42.5 Å². The van der Waals surface area contributed by atoms with E-state index in [4.69, 9.17) is 4.74 Å². The van der Waals surface area contributed by atoms with E-state index in [1.807, 2.05) is 0 Å². The van der Waals surface area contributed by atoms with Crippen LogP contribution in [0.25, 0.3) is 5.76 Å². The van der Waals surface area contributed by atoms with Gasteiger partial charge in [0.2, 0.25) is 0 Å². The lowest BCUT2D eigenvalue weighted by molar-refractivity contribution is -0.384. The molecular formula is C27H22N2O7. The van der Waals surface area contributed by atoms with Crippen molar-refractivity contribution in [2.75, 3.05) is 11.5 Å². The third-order valence-electron chi connectivity index (χ3n) is 5.78. The number of nitrogens with zero attached hydrogens (tertiary/aromatic N) is 2. The smallest absolute Gasteiger partial charge is 0.310 e. The van der Waals surface area contributed by atoms with Gasteiger partial charge in [-0.05, 0) is 42.3 Å². The van der Waals surface area contributed by atoms with Crippen molar-refractivity contribution in [3.63, 3.8) is 0 Å². The van der Waals surface area contributed by atoms with E-state index in [9.17, 15) is 29.6 Å². The Hall–Kier alpha value is -4.79. The molecule has 9 nitrogen and oxygen atoms in total. The van der Waals surface area contributed by atoms with Crippen LogP contribution in [-0.4, -0.2) is 34.3 Å². The molecule has 0 spiro atoms. The predicted molar refractivity (Wildman–Crippen MR) is 131 cm³/mol. The maximum Gasteiger partial charge on any atom is 0.310 e. The largest absolute Gasteiger partial charge is 0.507 e. The fourth-order valence-corrected chi connectivity index (χ4v) is 4.10. The number of carbonyl (C=O) groups excluding carboxylic acids is 3. The molecule has 1 saturated heterocycles. The van der Waals surface area contributed by atoms with Crippen molar-refractivity contribution in [1.29, 1.82) is 0 Å². The number of nitro benzene ring substituents is 1. The zero-order valence-electron chi connectivity index (χ0n) is 19.3. The Balaban J connectivity index is 1.78. The van der Waals surface area contributed by atoms with Crippen molar-refractivity contribution in [3.05, 3.63) is 111 Å². The summed E-state index contributed by atoms with van der Waals surface area (Å²) >= 11 is 0. The van der Waals surface area contributed by atoms with E-state index < -0.39 is 28.4 Å². The molecule has 0 aromatic heterocycles. The van der Waals surface area contributed by atoms with Gasteiger partial charge in [0, 0.05) is 23.4 Å². The number of Topliss-reactive ketones (excluding diaryl/α,β-unsaturated/α-hetero) is 1. The summed E-state index contributed by atoms with van der Waals surface area (Å²) in [5, 5.41) is 22.1. The number of hydrogen-bond acceptors (Lipinski definition) is 7. The van der Waals surface area contributed by atoms with Crippen molar-refractivity contribution < 1.29 is 29.2 Å². The highest BCUT2D eigenvalue weighted by atomic mass is 16.6. The molecule has 1 aliphatic heterocycles. The van der Waals surface area contributed by atoms with Crippen molar-refractivity contribution in [2.24, 2.45) is 0 Å². The van der Waals surface area contributed by atoms with Crippen LogP contribution in [0.2, 0.25) is 0 Å². The summed E-state index contributed by atoms with van der Waals surface area (Å²) in [6.07, 6.45) is 0.0647. The zero-order chi connectivity index (χ0) is 25.8. The lowest BCUT2D eigenvalue weighted by Crippen LogP contribution is -2.29. The molecule has 0 aliphatic carbocycles. The van der Waals surface area contributed by atoms with Crippen molar-refractivity contribution >= 4 is 34.8 Å². The van der Waals surface area contributed by atoms with Gasteiger partial charge in [-0.25, -0.2) is 0 Å². The molecule has 4 rings (SSSR count). The van der Waals surface area contributed by atoms with Crippen molar-refractivity contribution in [1.82, 2.24) is 0 Å². The standard InChI is InChI=1S/C27H22N2O7/c1-2-36-22(30)16-17-8-12-20(13-9-17)28-24(18-6-4-3-5-7-18)23(26(32)27(28)33)25(31)19-10-14-21(15-11-19)29(34)35/h3-15,24,31H,2,16H2,1H3/b25-23-. The number of rotatable bonds is 7. The summed E-state index contributed by atoms with van der Waals surface area (Å²) in [6, 6.07) is 19.5. The number of aliphatic hydroxyl groups is 1. The van der Waals surface area contributed by atoms with E-state index in [2.05, 4.69) is 0 Å². The van der Waals surface area contributed by atoms with Crippen LogP contribution >= 0.6 is 0 Å². The number of amides is 1. The minimum atomic E-state index is -0.933. The molecule has 1 fully saturated rings. The average Bonchev–Trinajstić information content (AvgIpc) is 3.15. The van der Waals surface area contributed by atoms with Crippen LogP contribution in [0.5, 0.6) is 0 Å². The van der Waals surface area contributed by atoms with E-state index in [0.717, 1.165) is 0 Å². The Bertz CT molecular complexity index is 1350. The highest BCUT2D eigenvalue weighted by Crippen LogP contribution is 2.42. The van der Waals surface area contributed by atoms with E-state index in [1.165, 1.54) is 29.2 Å². The first kappa shape index (κ1) is 24.3. The molecule has 0 radical (unpaired) electrons. The Kier molecular flexibility index (Phi) is 6.91. The van der Waals surface area contributed by atoms with Crippen molar-refractivity contribution in [3.8, 4) is 0 Å². The third-order valence-corrected chi connectivity index (χ3v) is 5.78. The Morgan fingerprint density at radius 2 is 1.64 bits per heavy atom. The fraction of sp³-hybridized carbons (Fsp3) is 0.148. The van der Waals surface area contributed by atoms with Gasteiger partial charge in [0.15, 0.2) is 0 Å². The van der Waals surface area contributed by atoms with Crippen LogP contribution in [0.15, 0.2) is 84.4 Å². The van der Waals surface area contributed by atoms with E-state index in [1.54, 1.807) is 61.5 Å². The summed E-state index contributed by atoms with van der Waals surface area (Å²) in [6.45, 7) is 1.99. The quantitative estimate of drug-likeness (QED) is 0.132. The molecule has 3 aromatic rings. The van der Waals surface area contributed by atoms with E-state index in [-0.39, 0.29) is 35.8 Å². The number of anilines is 1. The Morgan fingerprint density at radius 1 is 1.00 bits per heavy atom. The van der Waals surface area contributed by atoms with Crippen LogP contribution in [0, 0.1) is 10.1 Å². The van der Waals surface area contributed by atoms with Gasteiger partial charge in [0.25, 0.3) is 17.4 Å². The highest BCUT2D eigenvalue weighted by molar-refractivity contribution is 6.51. The number of esters is 1. The Labute approximate surface area is 206 Å². The normalized spacial score (nSPS) is 16.7. The zero-order valence-corrected chi connectivity index (χ0v) is 19.3. The molecule has 1 unspecified atom stereocenters. The fourth-order valence-electron chi connectivity index (χ4n) is 4.10. The number of hydrogen-bond donors (Lipinski definition) is 1. The molecule has 1 N–H and O–H groups in total. The van der Waals surface area contributed by atoms with Gasteiger partial charge in [0.1, 0.15) is 5.76 Å². The maximum absolute atomic E-state index is 13.2. The minimum Gasteiger partial charge on any atom is -0.507 e. The lowest BCUT2D eigenvalue weighted by Gasteiger charge is -2.25.